The fraction of sp³-hybridized carbons (Fsp3) is 0.385. The lowest BCUT2D eigenvalue weighted by Gasteiger charge is -2.20. The zero-order valence-electron chi connectivity index (χ0n) is 10.4. The van der Waals surface area contributed by atoms with Crippen LogP contribution in [-0.4, -0.2) is 26.7 Å². The van der Waals surface area contributed by atoms with Gasteiger partial charge in [-0.3, -0.25) is 4.79 Å². The summed E-state index contributed by atoms with van der Waals surface area (Å²) in [4.78, 5) is 12.9. The third-order valence-electron chi connectivity index (χ3n) is 2.62. The van der Waals surface area contributed by atoms with E-state index in [0.717, 1.165) is 5.69 Å². The molecule has 18 heavy (non-hydrogen) atoms. The Bertz CT molecular complexity index is 469. The summed E-state index contributed by atoms with van der Waals surface area (Å²) in [6, 6.07) is 7.41. The van der Waals surface area contributed by atoms with Crippen LogP contribution >= 0.6 is 11.6 Å². The number of benzene rings is 1. The molecule has 0 aliphatic rings. The molecule has 0 unspecified atom stereocenters. The zero-order valence-corrected chi connectivity index (χ0v) is 11.2. The van der Waals surface area contributed by atoms with Crippen molar-refractivity contribution < 1.29 is 9.53 Å². The van der Waals surface area contributed by atoms with Gasteiger partial charge in [-0.15, -0.1) is 0 Å². The van der Waals surface area contributed by atoms with Gasteiger partial charge in [0.25, 0.3) is 0 Å². The molecule has 0 radical (unpaired) electrons. The molecule has 0 atom stereocenters. The number of rotatable bonds is 5. The summed E-state index contributed by atoms with van der Waals surface area (Å²) in [5.41, 5.74) is 1.23. The Morgan fingerprint density at radius 1 is 1.56 bits per heavy atom. The van der Waals surface area contributed by atoms with Crippen molar-refractivity contribution in [2.75, 3.05) is 25.6 Å². The largest absolute Gasteiger partial charge is 0.469 e. The molecular weight excluding hydrogens is 252 g/mol. The Labute approximate surface area is 112 Å². The summed E-state index contributed by atoms with van der Waals surface area (Å²) in [6.07, 6.45) is 1.03. The first-order valence-electron chi connectivity index (χ1n) is 5.56. The van der Waals surface area contributed by atoms with Crippen molar-refractivity contribution >= 4 is 23.3 Å². The minimum absolute atomic E-state index is 0.227. The van der Waals surface area contributed by atoms with E-state index in [2.05, 4.69) is 10.8 Å². The number of halogens is 1. The summed E-state index contributed by atoms with van der Waals surface area (Å²) < 4.78 is 4.57. The van der Waals surface area contributed by atoms with Crippen LogP contribution in [0.15, 0.2) is 18.2 Å². The van der Waals surface area contributed by atoms with Crippen molar-refractivity contribution in [3.05, 3.63) is 28.8 Å². The van der Waals surface area contributed by atoms with Gasteiger partial charge in [-0.1, -0.05) is 17.7 Å². The van der Waals surface area contributed by atoms with Crippen LogP contribution in [0, 0.1) is 11.3 Å². The number of nitrogens with zero attached hydrogens (tertiary/aromatic N) is 2. The van der Waals surface area contributed by atoms with Gasteiger partial charge in [-0.2, -0.15) is 5.26 Å². The molecule has 0 fully saturated rings. The number of anilines is 1. The minimum Gasteiger partial charge on any atom is -0.469 e. The van der Waals surface area contributed by atoms with Crippen LogP contribution in [0.25, 0.3) is 0 Å². The van der Waals surface area contributed by atoms with Gasteiger partial charge in [0, 0.05) is 20.0 Å². The average molecular weight is 267 g/mol. The van der Waals surface area contributed by atoms with Gasteiger partial charge in [0.05, 0.1) is 23.4 Å². The quantitative estimate of drug-likeness (QED) is 0.769. The number of methoxy groups -OCH3 is 1. The van der Waals surface area contributed by atoms with E-state index >= 15 is 0 Å². The fourth-order valence-electron chi connectivity index (χ4n) is 1.62. The number of nitriles is 1. The van der Waals surface area contributed by atoms with Crippen LogP contribution in [0.4, 0.5) is 5.69 Å². The standard InChI is InChI=1S/C13H15ClN2O2/c1-16(8-4-7-13(17)18-2)12-6-3-5-11(14)10(12)9-15/h3,5-6H,4,7-8H2,1-2H3. The first-order valence-corrected chi connectivity index (χ1v) is 5.94. The molecule has 0 saturated carbocycles. The van der Waals surface area contributed by atoms with E-state index in [1.54, 1.807) is 12.1 Å². The number of ether oxygens (including phenoxy) is 1. The highest BCUT2D eigenvalue weighted by Crippen LogP contribution is 2.26. The highest BCUT2D eigenvalue weighted by Gasteiger charge is 2.10. The fourth-order valence-corrected chi connectivity index (χ4v) is 1.84. The van der Waals surface area contributed by atoms with Gasteiger partial charge in [-0.05, 0) is 18.6 Å². The Morgan fingerprint density at radius 3 is 2.89 bits per heavy atom. The molecule has 96 valence electrons. The molecule has 1 aromatic carbocycles. The monoisotopic (exact) mass is 266 g/mol. The molecule has 0 aliphatic carbocycles. The molecule has 4 nitrogen and oxygen atoms in total. The van der Waals surface area contributed by atoms with E-state index in [-0.39, 0.29) is 5.97 Å². The summed E-state index contributed by atoms with van der Waals surface area (Å²) in [7, 11) is 3.24. The van der Waals surface area contributed by atoms with Crippen molar-refractivity contribution in [3.8, 4) is 6.07 Å². The number of esters is 1. The van der Waals surface area contributed by atoms with E-state index in [1.807, 2.05) is 18.0 Å². The lowest BCUT2D eigenvalue weighted by atomic mass is 10.1. The van der Waals surface area contributed by atoms with Crippen LogP contribution < -0.4 is 4.90 Å². The van der Waals surface area contributed by atoms with Crippen molar-refractivity contribution in [2.24, 2.45) is 0 Å². The SMILES string of the molecule is COC(=O)CCCN(C)c1cccc(Cl)c1C#N. The Hall–Kier alpha value is -1.73. The summed E-state index contributed by atoms with van der Waals surface area (Å²) >= 11 is 5.96. The molecule has 1 aromatic rings. The maximum absolute atomic E-state index is 11.0. The van der Waals surface area contributed by atoms with Crippen LogP contribution in [0.1, 0.15) is 18.4 Å². The second kappa shape index (κ2) is 6.87. The Balaban J connectivity index is 2.68. The van der Waals surface area contributed by atoms with Crippen LogP contribution in [0.5, 0.6) is 0 Å². The van der Waals surface area contributed by atoms with Crippen molar-refractivity contribution in [3.63, 3.8) is 0 Å². The van der Waals surface area contributed by atoms with Crippen molar-refractivity contribution in [2.45, 2.75) is 12.8 Å². The zero-order chi connectivity index (χ0) is 13.5. The smallest absolute Gasteiger partial charge is 0.305 e. The Morgan fingerprint density at radius 2 is 2.28 bits per heavy atom. The predicted octanol–water partition coefficient (Wildman–Crippen LogP) is 2.60. The average Bonchev–Trinajstić information content (AvgIpc) is 2.37. The molecule has 5 heteroatoms. The predicted molar refractivity (Wildman–Crippen MR) is 70.7 cm³/mol. The van der Waals surface area contributed by atoms with Gasteiger partial charge < -0.3 is 9.64 Å². The minimum atomic E-state index is -0.227. The molecule has 0 N–H and O–H groups in total. The second-order valence-electron chi connectivity index (χ2n) is 3.85. The van der Waals surface area contributed by atoms with Gasteiger partial charge >= 0.3 is 5.97 Å². The number of carbonyl (C=O) groups is 1. The summed E-state index contributed by atoms with van der Waals surface area (Å²) in [5, 5.41) is 9.50. The maximum atomic E-state index is 11.0. The van der Waals surface area contributed by atoms with Gasteiger partial charge in [-0.25, -0.2) is 0 Å². The normalized spacial score (nSPS) is 9.67. The maximum Gasteiger partial charge on any atom is 0.305 e. The molecule has 0 amide bonds. The van der Waals surface area contributed by atoms with Crippen molar-refractivity contribution in [1.82, 2.24) is 0 Å². The number of carbonyl (C=O) groups excluding carboxylic acids is 1. The lowest BCUT2D eigenvalue weighted by Crippen LogP contribution is -2.20. The van der Waals surface area contributed by atoms with Crippen LogP contribution in [0.3, 0.4) is 0 Å². The number of hydrogen-bond acceptors (Lipinski definition) is 4. The topological polar surface area (TPSA) is 53.3 Å². The molecule has 0 saturated heterocycles. The third-order valence-corrected chi connectivity index (χ3v) is 2.93. The van der Waals surface area contributed by atoms with E-state index in [1.165, 1.54) is 7.11 Å². The lowest BCUT2D eigenvalue weighted by molar-refractivity contribution is -0.140. The highest BCUT2D eigenvalue weighted by molar-refractivity contribution is 6.32. The highest BCUT2D eigenvalue weighted by atomic mass is 35.5. The molecular formula is C13H15ClN2O2. The van der Waals surface area contributed by atoms with E-state index in [4.69, 9.17) is 16.9 Å². The van der Waals surface area contributed by atoms with Gasteiger partial charge in [0.15, 0.2) is 0 Å². The van der Waals surface area contributed by atoms with Gasteiger partial charge in [0.1, 0.15) is 6.07 Å². The first-order chi connectivity index (χ1) is 8.60. The van der Waals surface area contributed by atoms with Gasteiger partial charge in [0.2, 0.25) is 0 Å². The van der Waals surface area contributed by atoms with Crippen LogP contribution in [0.2, 0.25) is 5.02 Å². The van der Waals surface area contributed by atoms with E-state index < -0.39 is 0 Å². The van der Waals surface area contributed by atoms with Crippen LogP contribution in [-0.2, 0) is 9.53 Å². The molecule has 1 rings (SSSR count). The summed E-state index contributed by atoms with van der Waals surface area (Å²) in [5.74, 6) is -0.227. The molecule has 0 heterocycles. The molecule has 0 aliphatic heterocycles. The molecule has 0 bridgehead atoms. The molecule has 0 aromatic heterocycles. The number of hydrogen-bond donors (Lipinski definition) is 0. The molecule has 0 spiro atoms. The van der Waals surface area contributed by atoms with Crippen molar-refractivity contribution in [1.29, 1.82) is 5.26 Å². The van der Waals surface area contributed by atoms with E-state index in [9.17, 15) is 4.79 Å². The summed E-state index contributed by atoms with van der Waals surface area (Å²) in [6.45, 7) is 0.657. The second-order valence-corrected chi connectivity index (χ2v) is 4.25. The Kier molecular flexibility index (Phi) is 5.47. The first kappa shape index (κ1) is 14.3. The van der Waals surface area contributed by atoms with E-state index in [0.29, 0.717) is 30.0 Å². The third kappa shape index (κ3) is 3.64.